The Hall–Kier alpha value is -1.81. The van der Waals surface area contributed by atoms with Crippen LogP contribution in [0, 0.1) is 0 Å². The minimum absolute atomic E-state index is 0.236. The Balaban J connectivity index is 2.61. The molecular weight excluding hydrogens is 315 g/mol. The van der Waals surface area contributed by atoms with Crippen LogP contribution >= 0.6 is 0 Å². The summed E-state index contributed by atoms with van der Waals surface area (Å²) in [4.78, 5) is 10.2. The second-order valence-electron chi connectivity index (χ2n) is 4.64. The van der Waals surface area contributed by atoms with Crippen molar-refractivity contribution in [2.24, 2.45) is 0 Å². The molecule has 128 valence electrons. The third-order valence-corrected chi connectivity index (χ3v) is 3.37. The number of halogens is 3. The Morgan fingerprint density at radius 2 is 1.70 bits per heavy atom. The predicted octanol–water partition coefficient (Wildman–Crippen LogP) is 2.52. The van der Waals surface area contributed by atoms with Crippen molar-refractivity contribution in [3.8, 4) is 0 Å². The van der Waals surface area contributed by atoms with Crippen molar-refractivity contribution in [3.05, 3.63) is 41.7 Å². The van der Waals surface area contributed by atoms with Gasteiger partial charge in [-0.05, 0) is 12.1 Å². The quantitative estimate of drug-likeness (QED) is 0.771. The summed E-state index contributed by atoms with van der Waals surface area (Å²) in [7, 11) is 5.16. The molecule has 0 spiro atoms. The van der Waals surface area contributed by atoms with Crippen LogP contribution in [0.25, 0.3) is 0 Å². The molecule has 9 heteroatoms. The van der Waals surface area contributed by atoms with E-state index in [1.54, 1.807) is 30.3 Å². The number of methoxy groups -OCH3 is 1. The highest BCUT2D eigenvalue weighted by Gasteiger charge is 2.53. The van der Waals surface area contributed by atoms with Gasteiger partial charge in [0.25, 0.3) is 0 Å². The smallest absolute Gasteiger partial charge is 0.358 e. The van der Waals surface area contributed by atoms with Crippen LogP contribution in [0.3, 0.4) is 0 Å². The lowest BCUT2D eigenvalue weighted by molar-refractivity contribution is -0.301. The van der Waals surface area contributed by atoms with E-state index in [1.165, 1.54) is 33.4 Å². The summed E-state index contributed by atoms with van der Waals surface area (Å²) in [5.74, 6) is -0.236. The monoisotopic (exact) mass is 333 g/mol. The van der Waals surface area contributed by atoms with Crippen LogP contribution in [0.15, 0.2) is 41.7 Å². The van der Waals surface area contributed by atoms with E-state index in [4.69, 9.17) is 14.4 Å². The van der Waals surface area contributed by atoms with Crippen molar-refractivity contribution < 1.29 is 27.6 Å². The fourth-order valence-electron chi connectivity index (χ4n) is 2.46. The van der Waals surface area contributed by atoms with Crippen molar-refractivity contribution in [3.63, 3.8) is 0 Å². The van der Waals surface area contributed by atoms with Crippen LogP contribution in [0.2, 0.25) is 0 Å². The summed E-state index contributed by atoms with van der Waals surface area (Å²) in [5.41, 5.74) is -0.485. The van der Waals surface area contributed by atoms with Crippen molar-refractivity contribution in [1.29, 1.82) is 0 Å². The summed E-state index contributed by atoms with van der Waals surface area (Å²) in [5, 5.41) is 3.24. The maximum Gasteiger partial charge on any atom is 0.420 e. The van der Waals surface area contributed by atoms with Gasteiger partial charge in [-0.25, -0.2) is 5.06 Å². The Morgan fingerprint density at radius 3 is 2.13 bits per heavy atom. The van der Waals surface area contributed by atoms with Gasteiger partial charge >= 0.3 is 6.18 Å². The third-order valence-electron chi connectivity index (χ3n) is 3.37. The summed E-state index contributed by atoms with van der Waals surface area (Å²) >= 11 is 0. The van der Waals surface area contributed by atoms with Gasteiger partial charge in [-0.3, -0.25) is 14.7 Å². The van der Waals surface area contributed by atoms with Crippen LogP contribution in [0.1, 0.15) is 0 Å². The lowest BCUT2D eigenvalue weighted by Gasteiger charge is -2.32. The van der Waals surface area contributed by atoms with E-state index >= 15 is 0 Å². The lowest BCUT2D eigenvalue weighted by atomic mass is 10.2. The topological polar surface area (TPSA) is 37.4 Å². The van der Waals surface area contributed by atoms with E-state index in [0.717, 1.165) is 10.2 Å². The first-order valence-electron chi connectivity index (χ1n) is 6.67. The summed E-state index contributed by atoms with van der Waals surface area (Å²) in [6.07, 6.45) is -6.08. The van der Waals surface area contributed by atoms with E-state index in [9.17, 15) is 13.2 Å². The number of hydrogen-bond donors (Lipinski definition) is 0. The fourth-order valence-corrected chi connectivity index (χ4v) is 2.46. The Bertz CT molecular complexity index is 565. The van der Waals surface area contributed by atoms with Crippen LogP contribution in [0.5, 0.6) is 0 Å². The Labute approximate surface area is 132 Å². The molecule has 2 rings (SSSR count). The van der Waals surface area contributed by atoms with Crippen molar-refractivity contribution in [2.75, 3.05) is 33.4 Å². The molecule has 1 aromatic rings. The maximum atomic E-state index is 13.6. The molecule has 0 fully saturated rings. The molecule has 0 saturated carbocycles. The summed E-state index contributed by atoms with van der Waals surface area (Å²) in [6.45, 7) is 0. The number of para-hydroxylation sites is 1. The number of hydroxylamine groups is 2. The molecule has 1 aliphatic rings. The van der Waals surface area contributed by atoms with Crippen LogP contribution in [-0.4, -0.2) is 51.0 Å². The fraction of sp³-hybridized carbons (Fsp3) is 0.429. The molecule has 0 radical (unpaired) electrons. The average Bonchev–Trinajstić information content (AvgIpc) is 2.81. The van der Waals surface area contributed by atoms with Gasteiger partial charge in [0.2, 0.25) is 0 Å². The average molecular weight is 333 g/mol. The first kappa shape index (κ1) is 17.5. The lowest BCUT2D eigenvalue weighted by Crippen LogP contribution is -2.43. The number of hydrogen-bond acceptors (Lipinski definition) is 6. The van der Waals surface area contributed by atoms with Crippen LogP contribution in [-0.2, 0) is 14.4 Å². The largest absolute Gasteiger partial charge is 0.420 e. The highest BCUT2D eigenvalue weighted by atomic mass is 19.4. The molecule has 1 aliphatic heterocycles. The first-order chi connectivity index (χ1) is 10.9. The molecule has 0 N–H and O–H groups in total. The van der Waals surface area contributed by atoms with Crippen molar-refractivity contribution >= 4 is 5.69 Å². The highest BCUT2D eigenvalue weighted by Crippen LogP contribution is 2.42. The normalized spacial score (nSPS) is 19.6. The maximum absolute atomic E-state index is 13.6. The van der Waals surface area contributed by atoms with E-state index in [0.29, 0.717) is 5.69 Å². The van der Waals surface area contributed by atoms with E-state index in [1.807, 2.05) is 0 Å². The molecule has 1 atom stereocenters. The minimum Gasteiger partial charge on any atom is -0.358 e. The number of benzene rings is 1. The van der Waals surface area contributed by atoms with Crippen molar-refractivity contribution in [1.82, 2.24) is 10.2 Å². The molecule has 0 saturated heterocycles. The SMILES string of the molecule is COC1C(C(F)(F)F)=C(N(OC)c2ccccc2)N(C)N1OC. The Morgan fingerprint density at radius 1 is 1.09 bits per heavy atom. The molecule has 0 aliphatic carbocycles. The number of hydrazine groups is 1. The molecule has 0 amide bonds. The van der Waals surface area contributed by atoms with Gasteiger partial charge < -0.3 is 4.74 Å². The molecule has 1 heterocycles. The van der Waals surface area contributed by atoms with Gasteiger partial charge in [0.1, 0.15) is 5.57 Å². The number of rotatable bonds is 5. The number of alkyl halides is 3. The zero-order valence-electron chi connectivity index (χ0n) is 13.2. The standard InChI is InChI=1S/C14H18F3N3O3/c1-18-12(19(22-3)10-8-6-5-7-9-10)11(14(15,16)17)13(21-2)20(18)23-4/h5-9,13H,1-4H3. The third kappa shape index (κ3) is 3.13. The zero-order valence-corrected chi connectivity index (χ0v) is 13.2. The second kappa shape index (κ2) is 6.75. The molecule has 1 aromatic carbocycles. The van der Waals surface area contributed by atoms with Crippen LogP contribution in [0.4, 0.5) is 18.9 Å². The molecule has 1 unspecified atom stereocenters. The zero-order chi connectivity index (χ0) is 17.2. The Kier molecular flexibility index (Phi) is 5.15. The van der Waals surface area contributed by atoms with E-state index < -0.39 is 18.0 Å². The van der Waals surface area contributed by atoms with Gasteiger partial charge in [-0.1, -0.05) is 23.4 Å². The number of ether oxygens (including phenoxy) is 1. The second-order valence-corrected chi connectivity index (χ2v) is 4.64. The van der Waals surface area contributed by atoms with E-state index in [-0.39, 0.29) is 5.82 Å². The number of anilines is 1. The predicted molar refractivity (Wildman–Crippen MR) is 76.4 cm³/mol. The van der Waals surface area contributed by atoms with Gasteiger partial charge in [-0.2, -0.15) is 13.2 Å². The molecular formula is C14H18F3N3O3. The van der Waals surface area contributed by atoms with Crippen molar-refractivity contribution in [2.45, 2.75) is 12.4 Å². The molecule has 0 bridgehead atoms. The highest BCUT2D eigenvalue weighted by molar-refractivity contribution is 5.51. The summed E-state index contributed by atoms with van der Waals surface area (Å²) in [6, 6.07) is 8.43. The van der Waals surface area contributed by atoms with Gasteiger partial charge in [0.15, 0.2) is 12.0 Å². The molecule has 0 aromatic heterocycles. The van der Waals surface area contributed by atoms with Crippen LogP contribution < -0.4 is 5.06 Å². The van der Waals surface area contributed by atoms with E-state index in [2.05, 4.69) is 0 Å². The van der Waals surface area contributed by atoms with Gasteiger partial charge in [-0.15, -0.1) is 0 Å². The first-order valence-corrected chi connectivity index (χ1v) is 6.67. The van der Waals surface area contributed by atoms with Gasteiger partial charge in [0, 0.05) is 14.2 Å². The number of nitrogens with zero attached hydrogens (tertiary/aromatic N) is 3. The minimum atomic E-state index is -4.64. The summed E-state index contributed by atoms with van der Waals surface area (Å²) < 4.78 is 45.8. The van der Waals surface area contributed by atoms with Gasteiger partial charge in [0.05, 0.1) is 19.9 Å². The molecule has 6 nitrogen and oxygen atoms in total. The molecule has 23 heavy (non-hydrogen) atoms.